The average Bonchev–Trinajstić information content (AvgIpc) is 2.00. The molecule has 0 amide bonds. The molecule has 14 heavy (non-hydrogen) atoms. The van der Waals surface area contributed by atoms with Crippen molar-refractivity contribution in [3.63, 3.8) is 0 Å². The van der Waals surface area contributed by atoms with Gasteiger partial charge in [-0.15, -0.1) is 0 Å². The van der Waals surface area contributed by atoms with Crippen LogP contribution in [0.3, 0.4) is 0 Å². The molecule has 0 aromatic rings. The molecule has 0 aromatic carbocycles. The van der Waals surface area contributed by atoms with Gasteiger partial charge in [0.05, 0.1) is 6.61 Å². The fourth-order valence-electron chi connectivity index (χ4n) is 1.10. The Kier molecular flexibility index (Phi) is 6.38. The average molecular weight is 201 g/mol. The van der Waals surface area contributed by atoms with Crippen LogP contribution in [0.1, 0.15) is 41.5 Å². The Morgan fingerprint density at radius 1 is 1.14 bits per heavy atom. The van der Waals surface area contributed by atoms with Gasteiger partial charge in [-0.1, -0.05) is 41.5 Å². The van der Waals surface area contributed by atoms with Crippen molar-refractivity contribution in [3.8, 4) is 0 Å². The summed E-state index contributed by atoms with van der Waals surface area (Å²) in [6, 6.07) is 0.555. The lowest BCUT2D eigenvalue weighted by Crippen LogP contribution is -2.37. The zero-order valence-electron chi connectivity index (χ0n) is 10.7. The van der Waals surface area contributed by atoms with E-state index in [1.54, 1.807) is 0 Å². The molecule has 0 aliphatic carbocycles. The molecule has 2 heteroatoms. The van der Waals surface area contributed by atoms with E-state index in [1.165, 1.54) is 0 Å². The smallest absolute Gasteiger partial charge is 0.0529 e. The number of ether oxygens (including phenoxy) is 1. The van der Waals surface area contributed by atoms with E-state index in [4.69, 9.17) is 4.74 Å². The summed E-state index contributed by atoms with van der Waals surface area (Å²) in [6.07, 6.45) is 0. The summed E-state index contributed by atoms with van der Waals surface area (Å²) in [6.45, 7) is 15.9. The molecule has 0 radical (unpaired) electrons. The maximum Gasteiger partial charge on any atom is 0.0529 e. The van der Waals surface area contributed by atoms with Crippen molar-refractivity contribution in [1.29, 1.82) is 0 Å². The van der Waals surface area contributed by atoms with Gasteiger partial charge in [-0.05, 0) is 5.92 Å². The highest BCUT2D eigenvalue weighted by Gasteiger charge is 2.18. The summed E-state index contributed by atoms with van der Waals surface area (Å²) in [4.78, 5) is 0. The van der Waals surface area contributed by atoms with Crippen molar-refractivity contribution in [2.24, 2.45) is 11.3 Å². The van der Waals surface area contributed by atoms with Gasteiger partial charge in [-0.3, -0.25) is 0 Å². The Hall–Kier alpha value is -0.0800. The van der Waals surface area contributed by atoms with Crippen molar-refractivity contribution in [1.82, 2.24) is 5.32 Å². The lowest BCUT2D eigenvalue weighted by Gasteiger charge is -2.26. The van der Waals surface area contributed by atoms with Crippen LogP contribution in [0.5, 0.6) is 0 Å². The van der Waals surface area contributed by atoms with Crippen molar-refractivity contribution < 1.29 is 4.74 Å². The summed E-state index contributed by atoms with van der Waals surface area (Å²) in [5.41, 5.74) is 0.235. The second-order valence-corrected chi connectivity index (χ2v) is 5.61. The molecule has 0 rings (SSSR count). The molecule has 0 aliphatic heterocycles. The molecule has 0 aromatic heterocycles. The summed E-state index contributed by atoms with van der Waals surface area (Å²) in [5, 5.41) is 3.44. The molecular formula is C12H27NO. The first kappa shape index (κ1) is 13.9. The molecule has 86 valence electrons. The molecule has 0 bridgehead atoms. The minimum atomic E-state index is 0.235. The van der Waals surface area contributed by atoms with E-state index in [9.17, 15) is 0 Å². The van der Waals surface area contributed by atoms with Crippen LogP contribution in [0.15, 0.2) is 0 Å². The fraction of sp³-hybridized carbons (Fsp3) is 1.00. The Balaban J connectivity index is 3.61. The fourth-order valence-corrected chi connectivity index (χ4v) is 1.10. The Morgan fingerprint density at radius 2 is 1.71 bits per heavy atom. The largest absolute Gasteiger partial charge is 0.381 e. The van der Waals surface area contributed by atoms with Crippen LogP contribution >= 0.6 is 0 Å². The zero-order chi connectivity index (χ0) is 11.2. The molecule has 0 heterocycles. The summed E-state index contributed by atoms with van der Waals surface area (Å²) in [7, 11) is 0. The molecule has 0 spiro atoms. The van der Waals surface area contributed by atoms with E-state index in [2.05, 4.69) is 46.9 Å². The van der Waals surface area contributed by atoms with E-state index >= 15 is 0 Å². The monoisotopic (exact) mass is 201 g/mol. The van der Waals surface area contributed by atoms with Crippen LogP contribution in [0.4, 0.5) is 0 Å². The van der Waals surface area contributed by atoms with Gasteiger partial charge in [0.2, 0.25) is 0 Å². The van der Waals surface area contributed by atoms with Gasteiger partial charge in [0, 0.05) is 24.6 Å². The third-order valence-electron chi connectivity index (χ3n) is 1.93. The van der Waals surface area contributed by atoms with Crippen molar-refractivity contribution in [2.45, 2.75) is 47.6 Å². The molecule has 0 atom stereocenters. The minimum Gasteiger partial charge on any atom is -0.381 e. The number of hydrogen-bond acceptors (Lipinski definition) is 2. The second kappa shape index (κ2) is 6.41. The summed E-state index contributed by atoms with van der Waals surface area (Å²) < 4.78 is 5.65. The third kappa shape index (κ3) is 8.52. The van der Waals surface area contributed by atoms with Crippen LogP contribution < -0.4 is 5.32 Å². The van der Waals surface area contributed by atoms with Gasteiger partial charge in [-0.2, -0.15) is 0 Å². The summed E-state index contributed by atoms with van der Waals surface area (Å²) in [5.74, 6) is 0.629. The second-order valence-electron chi connectivity index (χ2n) is 5.61. The highest BCUT2D eigenvalue weighted by atomic mass is 16.5. The van der Waals surface area contributed by atoms with E-state index < -0.39 is 0 Å². The quantitative estimate of drug-likeness (QED) is 0.684. The van der Waals surface area contributed by atoms with Gasteiger partial charge in [0.1, 0.15) is 0 Å². The minimum absolute atomic E-state index is 0.235. The molecule has 2 nitrogen and oxygen atoms in total. The maximum atomic E-state index is 5.65. The van der Waals surface area contributed by atoms with Crippen molar-refractivity contribution >= 4 is 0 Å². The third-order valence-corrected chi connectivity index (χ3v) is 1.93. The summed E-state index contributed by atoms with van der Waals surface area (Å²) >= 11 is 0. The highest BCUT2D eigenvalue weighted by Crippen LogP contribution is 2.14. The molecule has 0 fully saturated rings. The lowest BCUT2D eigenvalue weighted by molar-refractivity contribution is 0.0459. The van der Waals surface area contributed by atoms with E-state index in [1.807, 2.05) is 0 Å². The first-order valence-electron chi connectivity index (χ1n) is 5.64. The molecule has 0 aliphatic rings. The van der Waals surface area contributed by atoms with Gasteiger partial charge in [0.15, 0.2) is 0 Å². The van der Waals surface area contributed by atoms with Crippen LogP contribution in [0.2, 0.25) is 0 Å². The predicted octanol–water partition coefficient (Wildman–Crippen LogP) is 2.68. The van der Waals surface area contributed by atoms with E-state index in [0.29, 0.717) is 12.0 Å². The Bertz CT molecular complexity index is 141. The first-order valence-corrected chi connectivity index (χ1v) is 5.64. The molecule has 0 saturated carbocycles. The van der Waals surface area contributed by atoms with Gasteiger partial charge in [0.25, 0.3) is 0 Å². The zero-order valence-corrected chi connectivity index (χ0v) is 10.7. The van der Waals surface area contributed by atoms with Gasteiger partial charge >= 0.3 is 0 Å². The predicted molar refractivity (Wildman–Crippen MR) is 62.6 cm³/mol. The van der Waals surface area contributed by atoms with Gasteiger partial charge < -0.3 is 10.1 Å². The normalized spacial score (nSPS) is 12.9. The number of nitrogens with one attached hydrogen (secondary N) is 1. The van der Waals surface area contributed by atoms with Crippen LogP contribution in [0, 0.1) is 11.3 Å². The van der Waals surface area contributed by atoms with Gasteiger partial charge in [-0.25, -0.2) is 0 Å². The molecular weight excluding hydrogens is 174 g/mol. The SMILES string of the molecule is CC(C)COCC(C)(C)CNC(C)C. The Labute approximate surface area is 89.4 Å². The first-order chi connectivity index (χ1) is 6.33. The molecule has 0 unspecified atom stereocenters. The van der Waals surface area contributed by atoms with E-state index in [-0.39, 0.29) is 5.41 Å². The number of hydrogen-bond donors (Lipinski definition) is 1. The van der Waals surface area contributed by atoms with Crippen LogP contribution in [-0.2, 0) is 4.74 Å². The standard InChI is InChI=1S/C12H27NO/c1-10(2)7-14-9-12(5,6)8-13-11(3)4/h10-11,13H,7-9H2,1-6H3. The highest BCUT2D eigenvalue weighted by molar-refractivity contribution is 4.72. The molecule has 1 N–H and O–H groups in total. The lowest BCUT2D eigenvalue weighted by atomic mass is 9.94. The van der Waals surface area contributed by atoms with Crippen molar-refractivity contribution in [2.75, 3.05) is 19.8 Å². The van der Waals surface area contributed by atoms with E-state index in [0.717, 1.165) is 19.8 Å². The Morgan fingerprint density at radius 3 is 2.14 bits per heavy atom. The molecule has 0 saturated heterocycles. The topological polar surface area (TPSA) is 21.3 Å². The maximum absolute atomic E-state index is 5.65. The number of rotatable bonds is 7. The van der Waals surface area contributed by atoms with Crippen LogP contribution in [0.25, 0.3) is 0 Å². The van der Waals surface area contributed by atoms with Crippen LogP contribution in [-0.4, -0.2) is 25.8 Å². The van der Waals surface area contributed by atoms with Crippen molar-refractivity contribution in [3.05, 3.63) is 0 Å².